The van der Waals surface area contributed by atoms with E-state index in [1.165, 1.54) is 6.07 Å². The van der Waals surface area contributed by atoms with Crippen molar-refractivity contribution in [3.05, 3.63) is 51.7 Å². The van der Waals surface area contributed by atoms with Crippen molar-refractivity contribution in [3.8, 4) is 0 Å². The molecule has 0 aliphatic rings. The molecule has 0 amide bonds. The van der Waals surface area contributed by atoms with Crippen LogP contribution in [0.1, 0.15) is 22.0 Å². The van der Waals surface area contributed by atoms with E-state index in [4.69, 9.17) is 5.73 Å². The average Bonchev–Trinajstić information content (AvgIpc) is 2.74. The zero-order valence-electron chi connectivity index (χ0n) is 8.98. The molecular formula is C12H13FN2S. The van der Waals surface area contributed by atoms with Crippen LogP contribution in [0.2, 0.25) is 0 Å². The van der Waals surface area contributed by atoms with Gasteiger partial charge in [-0.1, -0.05) is 17.7 Å². The molecule has 0 radical (unpaired) electrons. The number of halogens is 1. The van der Waals surface area contributed by atoms with Crippen LogP contribution in [0.3, 0.4) is 0 Å². The Hall–Kier alpha value is -1.26. The van der Waals surface area contributed by atoms with Crippen LogP contribution in [0.5, 0.6) is 0 Å². The second-order valence-corrected chi connectivity index (χ2v) is 4.77. The minimum Gasteiger partial charge on any atom is -0.324 e. The molecule has 16 heavy (non-hydrogen) atoms. The summed E-state index contributed by atoms with van der Waals surface area (Å²) in [5, 5.41) is 0. The molecule has 0 aliphatic carbocycles. The predicted octanol–water partition coefficient (Wildman–Crippen LogP) is 2.83. The van der Waals surface area contributed by atoms with E-state index in [1.807, 2.05) is 6.92 Å². The summed E-state index contributed by atoms with van der Waals surface area (Å²) in [6.07, 6.45) is 2.41. The van der Waals surface area contributed by atoms with Gasteiger partial charge >= 0.3 is 0 Å². The first-order valence-electron chi connectivity index (χ1n) is 5.06. The minimum absolute atomic E-state index is 0.234. The first-order valence-corrected chi connectivity index (χ1v) is 5.94. The molecule has 2 N–H and O–H groups in total. The number of aromatic nitrogens is 1. The number of rotatable bonds is 3. The quantitative estimate of drug-likeness (QED) is 0.890. The van der Waals surface area contributed by atoms with Gasteiger partial charge in [0.05, 0.1) is 5.51 Å². The number of nitrogens with two attached hydrogens (primary N) is 1. The number of nitrogens with zero attached hydrogens (tertiary/aromatic N) is 1. The number of aryl methyl sites for hydroxylation is 1. The normalized spacial score (nSPS) is 12.7. The topological polar surface area (TPSA) is 38.9 Å². The van der Waals surface area contributed by atoms with E-state index in [0.717, 1.165) is 10.4 Å². The van der Waals surface area contributed by atoms with E-state index in [-0.39, 0.29) is 11.9 Å². The largest absolute Gasteiger partial charge is 0.324 e. The van der Waals surface area contributed by atoms with Crippen molar-refractivity contribution in [1.82, 2.24) is 4.98 Å². The summed E-state index contributed by atoms with van der Waals surface area (Å²) < 4.78 is 13.6. The third-order valence-corrected chi connectivity index (χ3v) is 3.26. The summed E-state index contributed by atoms with van der Waals surface area (Å²) in [6.45, 7) is 1.93. The van der Waals surface area contributed by atoms with Crippen LogP contribution < -0.4 is 5.73 Å². The summed E-state index contributed by atoms with van der Waals surface area (Å²) in [6, 6.07) is 4.72. The Bertz CT molecular complexity index is 468. The predicted molar refractivity (Wildman–Crippen MR) is 63.9 cm³/mol. The third-order valence-electron chi connectivity index (χ3n) is 2.46. The molecule has 0 saturated heterocycles. The smallest absolute Gasteiger partial charge is 0.128 e. The van der Waals surface area contributed by atoms with Gasteiger partial charge in [0.2, 0.25) is 0 Å². The Kier molecular flexibility index (Phi) is 3.31. The fourth-order valence-corrected chi connectivity index (χ4v) is 2.27. The molecule has 0 spiro atoms. The number of benzene rings is 1. The number of hydrogen-bond donors (Lipinski definition) is 1. The van der Waals surface area contributed by atoms with Gasteiger partial charge in [-0.2, -0.15) is 0 Å². The molecule has 0 bridgehead atoms. The van der Waals surface area contributed by atoms with Crippen molar-refractivity contribution in [1.29, 1.82) is 0 Å². The average molecular weight is 236 g/mol. The molecule has 1 unspecified atom stereocenters. The molecule has 2 rings (SSSR count). The molecule has 4 heteroatoms. The molecule has 1 aromatic carbocycles. The van der Waals surface area contributed by atoms with E-state index < -0.39 is 0 Å². The number of hydrogen-bond acceptors (Lipinski definition) is 3. The van der Waals surface area contributed by atoms with E-state index in [9.17, 15) is 4.39 Å². The summed E-state index contributed by atoms with van der Waals surface area (Å²) in [7, 11) is 0. The molecular weight excluding hydrogens is 223 g/mol. The van der Waals surface area contributed by atoms with Crippen LogP contribution in [-0.2, 0) is 6.42 Å². The maximum atomic E-state index is 13.6. The van der Waals surface area contributed by atoms with E-state index >= 15 is 0 Å². The monoisotopic (exact) mass is 236 g/mol. The molecule has 0 fully saturated rings. The summed E-state index contributed by atoms with van der Waals surface area (Å²) in [5.74, 6) is -0.234. The maximum absolute atomic E-state index is 13.6. The number of thiazole rings is 1. The molecule has 2 nitrogen and oxygen atoms in total. The zero-order chi connectivity index (χ0) is 11.5. The van der Waals surface area contributed by atoms with E-state index in [0.29, 0.717) is 12.0 Å². The molecule has 1 aromatic heterocycles. The van der Waals surface area contributed by atoms with Gasteiger partial charge in [0.15, 0.2) is 0 Å². The Balaban J connectivity index is 2.20. The Labute approximate surface area is 97.9 Å². The van der Waals surface area contributed by atoms with Crippen molar-refractivity contribution in [2.45, 2.75) is 19.4 Å². The van der Waals surface area contributed by atoms with Crippen LogP contribution >= 0.6 is 11.3 Å². The van der Waals surface area contributed by atoms with Crippen molar-refractivity contribution in [2.75, 3.05) is 0 Å². The van der Waals surface area contributed by atoms with E-state index in [1.54, 1.807) is 35.2 Å². The highest BCUT2D eigenvalue weighted by atomic mass is 32.1. The molecule has 1 atom stereocenters. The van der Waals surface area contributed by atoms with Gasteiger partial charge in [-0.05, 0) is 13.0 Å². The lowest BCUT2D eigenvalue weighted by Gasteiger charge is -2.12. The first-order chi connectivity index (χ1) is 7.66. The van der Waals surface area contributed by atoms with Crippen LogP contribution in [0, 0.1) is 12.7 Å². The highest BCUT2D eigenvalue weighted by molar-refractivity contribution is 7.09. The van der Waals surface area contributed by atoms with Crippen molar-refractivity contribution < 1.29 is 4.39 Å². The van der Waals surface area contributed by atoms with Crippen molar-refractivity contribution in [2.24, 2.45) is 5.73 Å². The fourth-order valence-electron chi connectivity index (χ4n) is 1.62. The molecule has 1 heterocycles. The summed E-state index contributed by atoms with van der Waals surface area (Å²) >= 11 is 1.54. The molecule has 84 valence electrons. The van der Waals surface area contributed by atoms with E-state index in [2.05, 4.69) is 4.98 Å². The zero-order valence-corrected chi connectivity index (χ0v) is 9.80. The van der Waals surface area contributed by atoms with Crippen LogP contribution in [0.25, 0.3) is 0 Å². The lowest BCUT2D eigenvalue weighted by molar-refractivity contribution is 0.581. The third kappa shape index (κ3) is 2.46. The summed E-state index contributed by atoms with van der Waals surface area (Å²) in [5.41, 5.74) is 9.35. The lowest BCUT2D eigenvalue weighted by atomic mass is 10.0. The van der Waals surface area contributed by atoms with Crippen LogP contribution in [0.15, 0.2) is 29.9 Å². The van der Waals surface area contributed by atoms with Crippen LogP contribution in [-0.4, -0.2) is 4.98 Å². The molecule has 2 aromatic rings. The standard InChI is InChI=1S/C12H13FN2S/c1-8-2-3-11(13)10(4-8)12(14)5-9-6-15-7-16-9/h2-4,6-7,12H,5,14H2,1H3. The van der Waals surface area contributed by atoms with Crippen molar-refractivity contribution >= 4 is 11.3 Å². The highest BCUT2D eigenvalue weighted by Crippen LogP contribution is 2.21. The van der Waals surface area contributed by atoms with Gasteiger partial charge in [0, 0.05) is 29.1 Å². The molecule has 0 saturated carbocycles. The van der Waals surface area contributed by atoms with Gasteiger partial charge < -0.3 is 5.73 Å². The van der Waals surface area contributed by atoms with Gasteiger partial charge in [0.1, 0.15) is 5.82 Å². The van der Waals surface area contributed by atoms with Crippen molar-refractivity contribution in [3.63, 3.8) is 0 Å². The van der Waals surface area contributed by atoms with Gasteiger partial charge in [-0.3, -0.25) is 4.98 Å². The summed E-state index contributed by atoms with van der Waals surface area (Å²) in [4.78, 5) is 5.06. The lowest BCUT2D eigenvalue weighted by Crippen LogP contribution is -2.14. The first kappa shape index (κ1) is 11.2. The second kappa shape index (κ2) is 4.72. The Morgan fingerprint density at radius 2 is 2.31 bits per heavy atom. The Morgan fingerprint density at radius 1 is 1.50 bits per heavy atom. The minimum atomic E-state index is -0.305. The second-order valence-electron chi connectivity index (χ2n) is 3.80. The SMILES string of the molecule is Cc1ccc(F)c(C(N)Cc2cncs2)c1. The fraction of sp³-hybridized carbons (Fsp3) is 0.250. The van der Waals surface area contributed by atoms with Gasteiger partial charge in [-0.15, -0.1) is 11.3 Å². The highest BCUT2D eigenvalue weighted by Gasteiger charge is 2.12. The van der Waals surface area contributed by atoms with Gasteiger partial charge in [-0.25, -0.2) is 4.39 Å². The molecule has 0 aliphatic heterocycles. The van der Waals surface area contributed by atoms with Crippen LogP contribution in [0.4, 0.5) is 4.39 Å². The Morgan fingerprint density at radius 3 is 3.00 bits per heavy atom. The maximum Gasteiger partial charge on any atom is 0.128 e. The van der Waals surface area contributed by atoms with Gasteiger partial charge in [0.25, 0.3) is 0 Å².